The first kappa shape index (κ1) is 17.5. The van der Waals surface area contributed by atoms with Crippen LogP contribution in [0.5, 0.6) is 5.75 Å². The highest BCUT2D eigenvalue weighted by molar-refractivity contribution is 5.80. The van der Waals surface area contributed by atoms with Gasteiger partial charge in [0.05, 0.1) is 0 Å². The van der Waals surface area contributed by atoms with E-state index in [1.165, 1.54) is 0 Å². The second-order valence-corrected chi connectivity index (χ2v) is 5.71. The number of likely N-dealkylation sites (N-methyl/N-ethyl adjacent to an activating group) is 1. The summed E-state index contributed by atoms with van der Waals surface area (Å²) >= 11 is 0. The van der Waals surface area contributed by atoms with E-state index in [1.54, 1.807) is 25.9 Å². The van der Waals surface area contributed by atoms with Gasteiger partial charge in [-0.25, -0.2) is 0 Å². The number of nitrogens with one attached hydrogen (secondary N) is 1. The molecule has 0 heterocycles. The zero-order chi connectivity index (χ0) is 16.0. The Labute approximate surface area is 128 Å². The highest BCUT2D eigenvalue weighted by Gasteiger charge is 2.19. The molecule has 1 amide bonds. The quantitative estimate of drug-likeness (QED) is 0.840. The maximum Gasteiger partial charge on any atom is 0.262 e. The van der Waals surface area contributed by atoms with Crippen LogP contribution in [0, 0.1) is 6.92 Å². The number of rotatable bonds is 7. The Hall–Kier alpha value is -1.55. The van der Waals surface area contributed by atoms with Gasteiger partial charge in [-0.1, -0.05) is 19.1 Å². The molecule has 0 aliphatic heterocycles. The summed E-state index contributed by atoms with van der Waals surface area (Å²) in [4.78, 5) is 13.5. The third-order valence-electron chi connectivity index (χ3n) is 3.43. The van der Waals surface area contributed by atoms with Gasteiger partial charge in [-0.05, 0) is 45.4 Å². The van der Waals surface area contributed by atoms with Gasteiger partial charge in [-0.2, -0.15) is 0 Å². The van der Waals surface area contributed by atoms with Crippen LogP contribution in [-0.4, -0.2) is 37.6 Å². The van der Waals surface area contributed by atoms with Gasteiger partial charge in [0.1, 0.15) is 5.75 Å². The number of hydrogen-bond acceptors (Lipinski definition) is 3. The van der Waals surface area contributed by atoms with E-state index in [0.29, 0.717) is 0 Å². The molecule has 118 valence electrons. The molecular formula is C17H28N2O2. The Morgan fingerprint density at radius 1 is 1.33 bits per heavy atom. The average Bonchev–Trinajstić information content (AvgIpc) is 2.43. The maximum atomic E-state index is 12.0. The lowest BCUT2D eigenvalue weighted by Gasteiger charge is -2.23. The first-order valence-electron chi connectivity index (χ1n) is 7.58. The Bertz CT molecular complexity index is 472. The molecule has 0 radical (unpaired) electrons. The predicted octanol–water partition coefficient (Wildman–Crippen LogP) is 2.91. The van der Waals surface area contributed by atoms with E-state index in [4.69, 9.17) is 4.74 Å². The van der Waals surface area contributed by atoms with Crippen molar-refractivity contribution in [2.45, 2.75) is 46.3 Å². The van der Waals surface area contributed by atoms with Crippen molar-refractivity contribution in [3.8, 4) is 5.75 Å². The minimum atomic E-state index is -0.487. The summed E-state index contributed by atoms with van der Waals surface area (Å²) in [5, 5.41) is 3.46. The van der Waals surface area contributed by atoms with Gasteiger partial charge in [0.2, 0.25) is 0 Å². The molecule has 0 aliphatic rings. The monoisotopic (exact) mass is 292 g/mol. The van der Waals surface area contributed by atoms with E-state index in [1.807, 2.05) is 13.0 Å². The largest absolute Gasteiger partial charge is 0.481 e. The van der Waals surface area contributed by atoms with E-state index >= 15 is 0 Å². The van der Waals surface area contributed by atoms with Gasteiger partial charge >= 0.3 is 0 Å². The van der Waals surface area contributed by atoms with Gasteiger partial charge in [0.25, 0.3) is 5.91 Å². The van der Waals surface area contributed by atoms with Crippen molar-refractivity contribution in [3.63, 3.8) is 0 Å². The molecule has 21 heavy (non-hydrogen) atoms. The number of hydrogen-bond donors (Lipinski definition) is 1. The molecule has 1 rings (SSSR count). The van der Waals surface area contributed by atoms with E-state index < -0.39 is 6.10 Å². The van der Waals surface area contributed by atoms with Crippen LogP contribution in [0.1, 0.15) is 44.4 Å². The summed E-state index contributed by atoms with van der Waals surface area (Å²) < 4.78 is 5.92. The smallest absolute Gasteiger partial charge is 0.262 e. The number of benzene rings is 1. The van der Waals surface area contributed by atoms with Crippen LogP contribution in [0.2, 0.25) is 0 Å². The molecule has 0 saturated heterocycles. The van der Waals surface area contributed by atoms with E-state index in [-0.39, 0.29) is 11.9 Å². The minimum Gasteiger partial charge on any atom is -0.481 e. The van der Waals surface area contributed by atoms with Crippen LogP contribution in [0.3, 0.4) is 0 Å². The summed E-state index contributed by atoms with van der Waals surface area (Å²) in [5.74, 6) is 0.755. The average molecular weight is 292 g/mol. The standard InChI is InChI=1S/C17H28N2O2/c1-7-10-18-13(3)15-9-8-12(2)11-16(15)21-14(4)17(20)19(5)6/h8-9,11,13-14,18H,7,10H2,1-6H3. The molecule has 2 unspecified atom stereocenters. The number of carbonyl (C=O) groups is 1. The van der Waals surface area contributed by atoms with Crippen LogP contribution in [0.15, 0.2) is 18.2 Å². The van der Waals surface area contributed by atoms with Gasteiger partial charge in [0.15, 0.2) is 6.10 Å². The normalized spacial score (nSPS) is 13.6. The van der Waals surface area contributed by atoms with Crippen molar-refractivity contribution in [1.29, 1.82) is 0 Å². The fourth-order valence-electron chi connectivity index (χ4n) is 2.18. The zero-order valence-corrected chi connectivity index (χ0v) is 14.1. The fourth-order valence-corrected chi connectivity index (χ4v) is 2.18. The molecule has 0 fully saturated rings. The molecular weight excluding hydrogens is 264 g/mol. The first-order valence-corrected chi connectivity index (χ1v) is 7.58. The third kappa shape index (κ3) is 5.05. The molecule has 0 saturated carbocycles. The van der Waals surface area contributed by atoms with Crippen LogP contribution < -0.4 is 10.1 Å². The summed E-state index contributed by atoms with van der Waals surface area (Å²) in [6.45, 7) is 9.04. The topological polar surface area (TPSA) is 41.6 Å². The molecule has 2 atom stereocenters. The molecule has 0 spiro atoms. The molecule has 4 nitrogen and oxygen atoms in total. The van der Waals surface area contributed by atoms with Crippen molar-refractivity contribution >= 4 is 5.91 Å². The Morgan fingerprint density at radius 3 is 2.57 bits per heavy atom. The summed E-state index contributed by atoms with van der Waals surface area (Å²) in [6, 6.07) is 6.34. The Balaban J connectivity index is 2.94. The van der Waals surface area contributed by atoms with Gasteiger partial charge in [-0.15, -0.1) is 0 Å². The lowest BCUT2D eigenvalue weighted by molar-refractivity contribution is -0.135. The summed E-state index contributed by atoms with van der Waals surface area (Å²) in [6.07, 6.45) is 0.598. The maximum absolute atomic E-state index is 12.0. The van der Waals surface area contributed by atoms with E-state index in [2.05, 4.69) is 31.3 Å². The second kappa shape index (κ2) is 8.03. The molecule has 0 aliphatic carbocycles. The number of amides is 1. The minimum absolute atomic E-state index is 0.0309. The molecule has 0 bridgehead atoms. The fraction of sp³-hybridized carbons (Fsp3) is 0.588. The van der Waals surface area contributed by atoms with Crippen LogP contribution in [0.4, 0.5) is 0 Å². The number of nitrogens with zero attached hydrogens (tertiary/aromatic N) is 1. The van der Waals surface area contributed by atoms with Gasteiger partial charge in [-0.3, -0.25) is 4.79 Å². The Morgan fingerprint density at radius 2 is 2.00 bits per heavy atom. The number of carbonyl (C=O) groups excluding carboxylic acids is 1. The third-order valence-corrected chi connectivity index (χ3v) is 3.43. The summed E-state index contributed by atoms with van der Waals surface area (Å²) in [5.41, 5.74) is 2.22. The highest BCUT2D eigenvalue weighted by Crippen LogP contribution is 2.27. The predicted molar refractivity (Wildman–Crippen MR) is 86.7 cm³/mol. The van der Waals surface area contributed by atoms with E-state index in [9.17, 15) is 4.79 Å². The lowest BCUT2D eigenvalue weighted by atomic mass is 10.0. The number of ether oxygens (including phenoxy) is 1. The van der Waals surface area contributed by atoms with Crippen LogP contribution in [-0.2, 0) is 4.79 Å². The van der Waals surface area contributed by atoms with E-state index in [0.717, 1.165) is 29.8 Å². The van der Waals surface area contributed by atoms with Crippen molar-refractivity contribution < 1.29 is 9.53 Å². The molecule has 1 aromatic rings. The molecule has 1 aromatic carbocycles. The highest BCUT2D eigenvalue weighted by atomic mass is 16.5. The number of aryl methyl sites for hydroxylation is 1. The summed E-state index contributed by atoms with van der Waals surface area (Å²) in [7, 11) is 3.48. The first-order chi connectivity index (χ1) is 9.86. The zero-order valence-electron chi connectivity index (χ0n) is 14.1. The molecule has 1 N–H and O–H groups in total. The van der Waals surface area contributed by atoms with Crippen LogP contribution in [0.25, 0.3) is 0 Å². The van der Waals surface area contributed by atoms with Crippen molar-refractivity contribution in [2.24, 2.45) is 0 Å². The molecule has 4 heteroatoms. The second-order valence-electron chi connectivity index (χ2n) is 5.71. The van der Waals surface area contributed by atoms with Crippen molar-refractivity contribution in [1.82, 2.24) is 10.2 Å². The van der Waals surface area contributed by atoms with Crippen molar-refractivity contribution in [3.05, 3.63) is 29.3 Å². The SMILES string of the molecule is CCCNC(C)c1ccc(C)cc1OC(C)C(=O)N(C)C. The lowest BCUT2D eigenvalue weighted by Crippen LogP contribution is -2.35. The van der Waals surface area contributed by atoms with Crippen LogP contribution >= 0.6 is 0 Å². The van der Waals surface area contributed by atoms with Gasteiger partial charge < -0.3 is 15.0 Å². The van der Waals surface area contributed by atoms with Gasteiger partial charge in [0, 0.05) is 25.7 Å². The molecule has 0 aromatic heterocycles. The van der Waals surface area contributed by atoms with Crippen molar-refractivity contribution in [2.75, 3.05) is 20.6 Å². The Kier molecular flexibility index (Phi) is 6.69.